The zero-order valence-electron chi connectivity index (χ0n) is 8.10. The van der Waals surface area contributed by atoms with Crippen LogP contribution in [0.25, 0.3) is 0 Å². The summed E-state index contributed by atoms with van der Waals surface area (Å²) in [7, 11) is 0. The molecule has 0 radical (unpaired) electrons. The summed E-state index contributed by atoms with van der Waals surface area (Å²) in [5.41, 5.74) is 0. The molecule has 0 saturated carbocycles. The molecule has 0 aliphatic rings. The van der Waals surface area contributed by atoms with Gasteiger partial charge < -0.3 is 5.11 Å². The van der Waals surface area contributed by atoms with Gasteiger partial charge in [0.2, 0.25) is 0 Å². The van der Waals surface area contributed by atoms with Crippen LogP contribution in [0.15, 0.2) is 6.33 Å². The molecule has 5 nitrogen and oxygen atoms in total. The summed E-state index contributed by atoms with van der Waals surface area (Å²) >= 11 is 0. The normalized spacial score (nSPS) is 13.1. The molecule has 15 heavy (non-hydrogen) atoms. The highest BCUT2D eigenvalue weighted by Gasteiger charge is 2.17. The van der Waals surface area contributed by atoms with E-state index in [1.54, 1.807) is 0 Å². The molecule has 1 rings (SSSR count). The molecule has 1 aromatic rings. The van der Waals surface area contributed by atoms with Crippen LogP contribution in [0.4, 0.5) is 8.78 Å². The number of carboxylic acids is 1. The van der Waals surface area contributed by atoms with E-state index in [0.29, 0.717) is 0 Å². The van der Waals surface area contributed by atoms with Crippen LogP contribution in [0, 0.1) is 5.92 Å². The Labute approximate surface area is 84.7 Å². The van der Waals surface area contributed by atoms with Crippen LogP contribution in [0.1, 0.15) is 12.7 Å². The van der Waals surface area contributed by atoms with E-state index in [1.807, 2.05) is 0 Å². The quantitative estimate of drug-likeness (QED) is 0.795. The Bertz CT molecular complexity index is 340. The molecule has 0 amide bonds. The Morgan fingerprint density at radius 3 is 2.87 bits per heavy atom. The predicted molar refractivity (Wildman–Crippen MR) is 46.5 cm³/mol. The van der Waals surface area contributed by atoms with Crippen LogP contribution < -0.4 is 0 Å². The summed E-state index contributed by atoms with van der Waals surface area (Å²) in [6.45, 7) is 0.936. The van der Waals surface area contributed by atoms with Crippen molar-refractivity contribution in [3.63, 3.8) is 0 Å². The zero-order valence-corrected chi connectivity index (χ0v) is 8.10. The van der Waals surface area contributed by atoms with Crippen LogP contribution in [0.5, 0.6) is 0 Å². The number of carboxylic acid groups (broad SMARTS) is 1. The number of rotatable bonds is 5. The van der Waals surface area contributed by atoms with Gasteiger partial charge in [0.1, 0.15) is 18.7 Å². The summed E-state index contributed by atoms with van der Waals surface area (Å²) < 4.78 is 25.2. The Kier molecular flexibility index (Phi) is 3.70. The molecule has 1 atom stereocenters. The summed E-state index contributed by atoms with van der Waals surface area (Å²) in [4.78, 5) is 14.3. The van der Waals surface area contributed by atoms with Crippen molar-refractivity contribution >= 4 is 5.97 Å². The first kappa shape index (κ1) is 11.5. The molecule has 0 bridgehead atoms. The van der Waals surface area contributed by atoms with Gasteiger partial charge in [0.25, 0.3) is 6.43 Å². The average Bonchev–Trinajstić information content (AvgIpc) is 2.51. The van der Waals surface area contributed by atoms with Gasteiger partial charge in [0.15, 0.2) is 0 Å². The molecule has 0 fully saturated rings. The van der Waals surface area contributed by atoms with Crippen molar-refractivity contribution in [2.75, 3.05) is 0 Å². The van der Waals surface area contributed by atoms with Crippen LogP contribution in [-0.4, -0.2) is 32.3 Å². The Morgan fingerprint density at radius 1 is 1.67 bits per heavy atom. The molecule has 1 aromatic heterocycles. The highest BCUT2D eigenvalue weighted by molar-refractivity contribution is 5.69. The fourth-order valence-corrected chi connectivity index (χ4v) is 1.09. The molecule has 1 unspecified atom stereocenters. The Balaban J connectivity index is 2.68. The zero-order chi connectivity index (χ0) is 11.4. The molecule has 0 aromatic carbocycles. The van der Waals surface area contributed by atoms with E-state index in [1.165, 1.54) is 6.92 Å². The fraction of sp³-hybridized carbons (Fsp3) is 0.625. The van der Waals surface area contributed by atoms with Crippen molar-refractivity contribution in [1.29, 1.82) is 0 Å². The minimum atomic E-state index is -2.52. The van der Waals surface area contributed by atoms with Crippen molar-refractivity contribution in [2.45, 2.75) is 26.3 Å². The number of alkyl halides is 2. The van der Waals surface area contributed by atoms with Gasteiger partial charge in [0.05, 0.1) is 5.92 Å². The Hall–Kier alpha value is -1.53. The Morgan fingerprint density at radius 2 is 2.33 bits per heavy atom. The lowest BCUT2D eigenvalue weighted by Crippen LogP contribution is -2.18. The largest absolute Gasteiger partial charge is 0.481 e. The third-order valence-electron chi connectivity index (χ3n) is 1.92. The molecular formula is C8H11F2N3O2. The first-order valence-corrected chi connectivity index (χ1v) is 4.38. The summed E-state index contributed by atoms with van der Waals surface area (Å²) in [6.07, 6.45) is -1.28. The van der Waals surface area contributed by atoms with Crippen LogP contribution in [0.3, 0.4) is 0 Å². The highest BCUT2D eigenvalue weighted by atomic mass is 19.3. The second-order valence-corrected chi connectivity index (χ2v) is 3.19. The summed E-state index contributed by atoms with van der Waals surface area (Å²) in [5.74, 6) is -1.38. The highest BCUT2D eigenvalue weighted by Crippen LogP contribution is 2.07. The number of halogens is 2. The monoisotopic (exact) mass is 219 g/mol. The van der Waals surface area contributed by atoms with Gasteiger partial charge in [-0.1, -0.05) is 6.92 Å². The van der Waals surface area contributed by atoms with Gasteiger partial charge in [-0.25, -0.2) is 18.4 Å². The van der Waals surface area contributed by atoms with Gasteiger partial charge in [-0.2, -0.15) is 5.10 Å². The van der Waals surface area contributed by atoms with Crippen molar-refractivity contribution < 1.29 is 18.7 Å². The smallest absolute Gasteiger partial charge is 0.306 e. The molecule has 1 heterocycles. The van der Waals surface area contributed by atoms with E-state index >= 15 is 0 Å². The maximum Gasteiger partial charge on any atom is 0.306 e. The van der Waals surface area contributed by atoms with E-state index in [0.717, 1.165) is 11.0 Å². The first-order chi connectivity index (χ1) is 7.00. The average molecular weight is 219 g/mol. The van der Waals surface area contributed by atoms with E-state index in [-0.39, 0.29) is 12.2 Å². The maximum absolute atomic E-state index is 12.1. The van der Waals surface area contributed by atoms with Crippen molar-refractivity contribution in [3.8, 4) is 0 Å². The lowest BCUT2D eigenvalue weighted by Gasteiger charge is -2.07. The minimum absolute atomic E-state index is 0.0993. The van der Waals surface area contributed by atoms with E-state index < -0.39 is 24.9 Å². The molecular weight excluding hydrogens is 208 g/mol. The third-order valence-corrected chi connectivity index (χ3v) is 1.92. The van der Waals surface area contributed by atoms with Crippen LogP contribution >= 0.6 is 0 Å². The lowest BCUT2D eigenvalue weighted by molar-refractivity contribution is -0.141. The van der Waals surface area contributed by atoms with Crippen LogP contribution in [0.2, 0.25) is 0 Å². The third kappa shape index (κ3) is 3.26. The van der Waals surface area contributed by atoms with Gasteiger partial charge in [-0.05, 0) is 0 Å². The molecule has 0 aliphatic carbocycles. The van der Waals surface area contributed by atoms with E-state index in [9.17, 15) is 13.6 Å². The standard InChI is InChI=1S/C8H11F2N3O2/c1-5(8(14)15)2-7-11-4-12-13(7)3-6(9)10/h4-6H,2-3H2,1H3,(H,14,15). The van der Waals surface area contributed by atoms with Crippen LogP contribution in [-0.2, 0) is 17.8 Å². The number of aromatic nitrogens is 3. The van der Waals surface area contributed by atoms with E-state index in [2.05, 4.69) is 10.1 Å². The fourth-order valence-electron chi connectivity index (χ4n) is 1.09. The topological polar surface area (TPSA) is 68.0 Å². The second-order valence-electron chi connectivity index (χ2n) is 3.19. The van der Waals surface area contributed by atoms with Gasteiger partial charge >= 0.3 is 5.97 Å². The minimum Gasteiger partial charge on any atom is -0.481 e. The summed E-state index contributed by atoms with van der Waals surface area (Å²) in [6, 6.07) is 0. The maximum atomic E-state index is 12.1. The number of aliphatic carboxylic acids is 1. The van der Waals surface area contributed by atoms with Crippen molar-refractivity contribution in [2.24, 2.45) is 5.92 Å². The van der Waals surface area contributed by atoms with E-state index in [4.69, 9.17) is 5.11 Å². The number of nitrogens with zero attached hydrogens (tertiary/aromatic N) is 3. The first-order valence-electron chi connectivity index (χ1n) is 4.38. The number of carbonyl (C=O) groups is 1. The molecule has 0 aliphatic heterocycles. The van der Waals surface area contributed by atoms with Crippen molar-refractivity contribution in [1.82, 2.24) is 14.8 Å². The second kappa shape index (κ2) is 4.81. The van der Waals surface area contributed by atoms with Gasteiger partial charge in [0, 0.05) is 6.42 Å². The lowest BCUT2D eigenvalue weighted by atomic mass is 10.1. The molecule has 84 valence electrons. The summed E-state index contributed by atoms with van der Waals surface area (Å²) in [5, 5.41) is 12.2. The number of hydrogen-bond donors (Lipinski definition) is 1. The number of hydrogen-bond acceptors (Lipinski definition) is 3. The van der Waals surface area contributed by atoms with Gasteiger partial charge in [-0.15, -0.1) is 0 Å². The molecule has 1 N–H and O–H groups in total. The molecule has 0 saturated heterocycles. The predicted octanol–water partition coefficient (Wildman–Crippen LogP) is 0.806. The van der Waals surface area contributed by atoms with Crippen molar-refractivity contribution in [3.05, 3.63) is 12.2 Å². The molecule has 0 spiro atoms. The molecule has 7 heteroatoms. The SMILES string of the molecule is CC(Cc1ncnn1CC(F)F)C(=O)O. The van der Waals surface area contributed by atoms with Gasteiger partial charge in [-0.3, -0.25) is 4.79 Å².